The highest BCUT2D eigenvalue weighted by atomic mass is 32.2. The molecular weight excluding hydrogens is 354 g/mol. The van der Waals surface area contributed by atoms with Crippen molar-refractivity contribution in [1.29, 1.82) is 0 Å². The Morgan fingerprint density at radius 2 is 1.74 bits per heavy atom. The van der Waals surface area contributed by atoms with Crippen LogP contribution < -0.4 is 10.2 Å². The van der Waals surface area contributed by atoms with Crippen LogP contribution in [-0.2, 0) is 0 Å². The summed E-state index contributed by atoms with van der Waals surface area (Å²) in [6.45, 7) is 2.26. The average Bonchev–Trinajstić information content (AvgIpc) is 3.23. The van der Waals surface area contributed by atoms with Crippen molar-refractivity contribution in [3.8, 4) is 0 Å². The SMILES string of the molecule is O=C(Nc1ccc(N2CCCCC2)cc1)c1cccnc1SC1CCCC1. The summed E-state index contributed by atoms with van der Waals surface area (Å²) in [5.74, 6) is -0.0747. The van der Waals surface area contributed by atoms with Gasteiger partial charge in [0.2, 0.25) is 0 Å². The van der Waals surface area contributed by atoms with E-state index in [9.17, 15) is 4.79 Å². The van der Waals surface area contributed by atoms with Crippen molar-refractivity contribution in [3.63, 3.8) is 0 Å². The molecule has 1 saturated heterocycles. The van der Waals surface area contributed by atoms with Crippen LogP contribution in [0.3, 0.4) is 0 Å². The maximum atomic E-state index is 12.8. The Morgan fingerprint density at radius 1 is 1.00 bits per heavy atom. The van der Waals surface area contributed by atoms with Crippen LogP contribution in [0.4, 0.5) is 11.4 Å². The monoisotopic (exact) mass is 381 g/mol. The Balaban J connectivity index is 1.42. The van der Waals surface area contributed by atoms with Gasteiger partial charge in [-0.05, 0) is 68.5 Å². The van der Waals surface area contributed by atoms with E-state index < -0.39 is 0 Å². The van der Waals surface area contributed by atoms with Gasteiger partial charge in [0.25, 0.3) is 5.91 Å². The lowest BCUT2D eigenvalue weighted by molar-refractivity contribution is 0.102. The fourth-order valence-corrected chi connectivity index (χ4v) is 5.22. The first-order valence-electron chi connectivity index (χ1n) is 10.1. The van der Waals surface area contributed by atoms with Gasteiger partial charge in [-0.3, -0.25) is 4.79 Å². The highest BCUT2D eigenvalue weighted by Gasteiger charge is 2.21. The smallest absolute Gasteiger partial charge is 0.258 e. The lowest BCUT2D eigenvalue weighted by Crippen LogP contribution is -2.29. The molecule has 5 heteroatoms. The molecule has 4 nitrogen and oxygen atoms in total. The van der Waals surface area contributed by atoms with Crippen molar-refractivity contribution in [3.05, 3.63) is 48.2 Å². The van der Waals surface area contributed by atoms with Gasteiger partial charge in [-0.2, -0.15) is 0 Å². The Hall–Kier alpha value is -2.01. The van der Waals surface area contributed by atoms with E-state index in [4.69, 9.17) is 0 Å². The quantitative estimate of drug-likeness (QED) is 0.757. The number of benzene rings is 1. The first-order chi connectivity index (χ1) is 13.3. The summed E-state index contributed by atoms with van der Waals surface area (Å²) in [5, 5.41) is 4.49. The third kappa shape index (κ3) is 4.64. The molecule has 1 amide bonds. The third-order valence-electron chi connectivity index (χ3n) is 5.44. The second-order valence-corrected chi connectivity index (χ2v) is 8.72. The lowest BCUT2D eigenvalue weighted by atomic mass is 10.1. The summed E-state index contributed by atoms with van der Waals surface area (Å²) in [7, 11) is 0. The fourth-order valence-electron chi connectivity index (χ4n) is 3.93. The molecule has 142 valence electrons. The molecule has 4 rings (SSSR count). The third-order valence-corrected chi connectivity index (χ3v) is 6.80. The summed E-state index contributed by atoms with van der Waals surface area (Å²) in [6.07, 6.45) is 10.7. The van der Waals surface area contributed by atoms with Crippen molar-refractivity contribution >= 4 is 29.0 Å². The number of nitrogens with zero attached hydrogens (tertiary/aromatic N) is 2. The zero-order valence-corrected chi connectivity index (χ0v) is 16.5. The number of pyridine rings is 1. The first kappa shape index (κ1) is 18.4. The molecule has 0 radical (unpaired) electrons. The van der Waals surface area contributed by atoms with Gasteiger partial charge in [-0.15, -0.1) is 11.8 Å². The molecular formula is C22H27N3OS. The number of anilines is 2. The van der Waals surface area contributed by atoms with Crippen LogP contribution in [0, 0.1) is 0 Å². The zero-order chi connectivity index (χ0) is 18.5. The van der Waals surface area contributed by atoms with Crippen LogP contribution >= 0.6 is 11.8 Å². The Kier molecular flexibility index (Phi) is 5.97. The van der Waals surface area contributed by atoms with Gasteiger partial charge in [0, 0.05) is 35.9 Å². The van der Waals surface area contributed by atoms with Gasteiger partial charge in [0.15, 0.2) is 0 Å². The number of amides is 1. The van der Waals surface area contributed by atoms with E-state index in [2.05, 4.69) is 27.3 Å². The number of rotatable bonds is 5. The second kappa shape index (κ2) is 8.79. The van der Waals surface area contributed by atoms with Crippen molar-refractivity contribution in [2.24, 2.45) is 0 Å². The predicted molar refractivity (Wildman–Crippen MR) is 113 cm³/mol. The van der Waals surface area contributed by atoms with E-state index in [1.807, 2.05) is 24.3 Å². The molecule has 1 saturated carbocycles. The van der Waals surface area contributed by atoms with Crippen LogP contribution in [0.2, 0.25) is 0 Å². The number of carbonyl (C=O) groups excluding carboxylic acids is 1. The molecule has 0 unspecified atom stereocenters. The van der Waals surface area contributed by atoms with E-state index in [1.54, 1.807) is 18.0 Å². The molecule has 1 aromatic heterocycles. The highest BCUT2D eigenvalue weighted by Crippen LogP contribution is 2.35. The van der Waals surface area contributed by atoms with E-state index >= 15 is 0 Å². The minimum Gasteiger partial charge on any atom is -0.372 e. The van der Waals surface area contributed by atoms with Crippen LogP contribution in [0.15, 0.2) is 47.6 Å². The predicted octanol–water partition coefficient (Wildman–Crippen LogP) is 5.36. The summed E-state index contributed by atoms with van der Waals surface area (Å²) < 4.78 is 0. The highest BCUT2D eigenvalue weighted by molar-refractivity contribution is 7.99. The average molecular weight is 382 g/mol. The van der Waals surface area contributed by atoms with Gasteiger partial charge in [-0.1, -0.05) is 12.8 Å². The molecule has 2 heterocycles. The number of thioether (sulfide) groups is 1. The summed E-state index contributed by atoms with van der Waals surface area (Å²) >= 11 is 1.76. The van der Waals surface area contributed by atoms with Crippen molar-refractivity contribution < 1.29 is 4.79 Å². The van der Waals surface area contributed by atoms with Gasteiger partial charge in [0.05, 0.1) is 5.56 Å². The van der Waals surface area contributed by atoms with Crippen LogP contribution in [0.25, 0.3) is 0 Å². The Bertz CT molecular complexity index is 765. The maximum Gasteiger partial charge on any atom is 0.258 e. The first-order valence-corrected chi connectivity index (χ1v) is 11.0. The fraction of sp³-hybridized carbons (Fsp3) is 0.455. The number of hydrogen-bond donors (Lipinski definition) is 1. The number of carbonyl (C=O) groups is 1. The molecule has 1 aliphatic heterocycles. The zero-order valence-electron chi connectivity index (χ0n) is 15.7. The van der Waals surface area contributed by atoms with E-state index in [1.165, 1.54) is 50.6 Å². The van der Waals surface area contributed by atoms with Gasteiger partial charge >= 0.3 is 0 Å². The Morgan fingerprint density at radius 3 is 2.48 bits per heavy atom. The molecule has 1 N–H and O–H groups in total. The molecule has 2 aliphatic rings. The number of hydrogen-bond acceptors (Lipinski definition) is 4. The Labute approximate surface area is 165 Å². The molecule has 0 spiro atoms. The number of piperidine rings is 1. The molecule has 2 aromatic rings. The lowest BCUT2D eigenvalue weighted by Gasteiger charge is -2.28. The van der Waals surface area contributed by atoms with Crippen molar-refractivity contribution in [2.75, 3.05) is 23.3 Å². The molecule has 0 atom stereocenters. The maximum absolute atomic E-state index is 12.8. The number of nitrogens with one attached hydrogen (secondary N) is 1. The standard InChI is InChI=1S/C22H27N3OS/c26-21(20-9-6-14-23-22(20)27-19-7-2-3-8-19)24-17-10-12-18(13-11-17)25-15-4-1-5-16-25/h6,9-14,19H,1-5,7-8,15-16H2,(H,24,26). The topological polar surface area (TPSA) is 45.2 Å². The van der Waals surface area contributed by atoms with Crippen molar-refractivity contribution in [1.82, 2.24) is 4.98 Å². The summed E-state index contributed by atoms with van der Waals surface area (Å²) in [4.78, 5) is 19.7. The minimum atomic E-state index is -0.0747. The molecule has 27 heavy (non-hydrogen) atoms. The van der Waals surface area contributed by atoms with Gasteiger partial charge in [-0.25, -0.2) is 4.98 Å². The molecule has 2 fully saturated rings. The van der Waals surface area contributed by atoms with Crippen LogP contribution in [0.5, 0.6) is 0 Å². The number of aromatic nitrogens is 1. The normalized spacial score (nSPS) is 17.9. The summed E-state index contributed by atoms with van der Waals surface area (Å²) in [5.41, 5.74) is 2.75. The van der Waals surface area contributed by atoms with Crippen molar-refractivity contribution in [2.45, 2.75) is 55.2 Å². The molecule has 0 bridgehead atoms. The van der Waals surface area contributed by atoms with E-state index in [0.717, 1.165) is 23.8 Å². The van der Waals surface area contributed by atoms with E-state index in [0.29, 0.717) is 10.8 Å². The second-order valence-electron chi connectivity index (χ2n) is 7.43. The van der Waals surface area contributed by atoms with Gasteiger partial charge < -0.3 is 10.2 Å². The van der Waals surface area contributed by atoms with E-state index in [-0.39, 0.29) is 5.91 Å². The molecule has 1 aromatic carbocycles. The van der Waals surface area contributed by atoms with Gasteiger partial charge in [0.1, 0.15) is 5.03 Å². The largest absolute Gasteiger partial charge is 0.372 e. The van der Waals surface area contributed by atoms with Crippen LogP contribution in [0.1, 0.15) is 55.3 Å². The van der Waals surface area contributed by atoms with Crippen LogP contribution in [-0.4, -0.2) is 29.2 Å². The summed E-state index contributed by atoms with van der Waals surface area (Å²) in [6, 6.07) is 11.9. The molecule has 1 aliphatic carbocycles. The minimum absolute atomic E-state index is 0.0747.